The molecule has 1 aliphatic heterocycles. The number of rotatable bonds is 7. The van der Waals surface area contributed by atoms with Gasteiger partial charge in [-0.1, -0.05) is 0 Å². The molecule has 1 aromatic rings. The summed E-state index contributed by atoms with van der Waals surface area (Å²) in [5, 5.41) is 6.58. The molecule has 0 radical (unpaired) electrons. The molecular formula is C16H28IN3O3. The van der Waals surface area contributed by atoms with Crippen molar-refractivity contribution in [2.75, 3.05) is 33.4 Å². The van der Waals surface area contributed by atoms with E-state index in [2.05, 4.69) is 15.6 Å². The van der Waals surface area contributed by atoms with E-state index in [1.54, 1.807) is 7.05 Å². The first-order chi connectivity index (χ1) is 10.7. The van der Waals surface area contributed by atoms with Gasteiger partial charge in [-0.05, 0) is 32.8 Å². The highest BCUT2D eigenvalue weighted by Crippen LogP contribution is 2.13. The maximum Gasteiger partial charge on any atom is 0.191 e. The minimum absolute atomic E-state index is 0. The fourth-order valence-corrected chi connectivity index (χ4v) is 2.43. The average molecular weight is 437 g/mol. The second kappa shape index (κ2) is 10.9. The topological polar surface area (TPSA) is 68.0 Å². The van der Waals surface area contributed by atoms with Gasteiger partial charge in [-0.3, -0.25) is 4.99 Å². The summed E-state index contributed by atoms with van der Waals surface area (Å²) in [5.74, 6) is 2.68. The van der Waals surface area contributed by atoms with Crippen LogP contribution in [0.2, 0.25) is 0 Å². The molecular weight excluding hydrogens is 409 g/mol. The minimum atomic E-state index is 0. The molecule has 23 heavy (non-hydrogen) atoms. The van der Waals surface area contributed by atoms with Crippen molar-refractivity contribution < 1.29 is 13.9 Å². The SMILES string of the molecule is CN=C(NCCCOC1CCOC1)NCc1cc(C)oc1C.I. The monoisotopic (exact) mass is 437 g/mol. The number of nitrogens with zero attached hydrogens (tertiary/aromatic N) is 1. The van der Waals surface area contributed by atoms with Crippen molar-refractivity contribution in [2.45, 2.75) is 39.3 Å². The van der Waals surface area contributed by atoms with Crippen LogP contribution in [0.1, 0.15) is 29.9 Å². The van der Waals surface area contributed by atoms with E-state index >= 15 is 0 Å². The normalized spacial score (nSPS) is 17.9. The van der Waals surface area contributed by atoms with Crippen LogP contribution in [0.4, 0.5) is 0 Å². The van der Waals surface area contributed by atoms with Crippen molar-refractivity contribution >= 4 is 29.9 Å². The third-order valence-electron chi connectivity index (χ3n) is 3.67. The van der Waals surface area contributed by atoms with Gasteiger partial charge in [0.05, 0.1) is 12.7 Å². The lowest BCUT2D eigenvalue weighted by Crippen LogP contribution is -2.37. The van der Waals surface area contributed by atoms with Crippen LogP contribution < -0.4 is 10.6 Å². The lowest BCUT2D eigenvalue weighted by Gasteiger charge is -2.13. The van der Waals surface area contributed by atoms with Gasteiger partial charge in [-0.2, -0.15) is 0 Å². The number of nitrogens with one attached hydrogen (secondary N) is 2. The summed E-state index contributed by atoms with van der Waals surface area (Å²) >= 11 is 0. The van der Waals surface area contributed by atoms with Crippen LogP contribution in [0, 0.1) is 13.8 Å². The van der Waals surface area contributed by atoms with Gasteiger partial charge in [0.25, 0.3) is 0 Å². The largest absolute Gasteiger partial charge is 0.466 e. The van der Waals surface area contributed by atoms with Crippen molar-refractivity contribution in [3.8, 4) is 0 Å². The van der Waals surface area contributed by atoms with Gasteiger partial charge in [0, 0.05) is 38.9 Å². The van der Waals surface area contributed by atoms with Crippen molar-refractivity contribution in [3.63, 3.8) is 0 Å². The van der Waals surface area contributed by atoms with Gasteiger partial charge in [-0.25, -0.2) is 0 Å². The first-order valence-corrected chi connectivity index (χ1v) is 7.89. The Morgan fingerprint density at radius 1 is 1.39 bits per heavy atom. The maximum absolute atomic E-state index is 5.73. The first-order valence-electron chi connectivity index (χ1n) is 7.89. The average Bonchev–Trinajstić information content (AvgIpc) is 3.11. The highest BCUT2D eigenvalue weighted by Gasteiger charge is 2.15. The molecule has 7 heteroatoms. The fraction of sp³-hybridized carbons (Fsp3) is 0.688. The lowest BCUT2D eigenvalue weighted by molar-refractivity contribution is 0.0420. The van der Waals surface area contributed by atoms with Crippen LogP contribution in [0.3, 0.4) is 0 Å². The van der Waals surface area contributed by atoms with Gasteiger partial charge in [0.15, 0.2) is 5.96 Å². The smallest absolute Gasteiger partial charge is 0.191 e. The Bertz CT molecular complexity index is 485. The number of aryl methyl sites for hydroxylation is 2. The summed E-state index contributed by atoms with van der Waals surface area (Å²) in [4.78, 5) is 4.22. The van der Waals surface area contributed by atoms with E-state index in [0.29, 0.717) is 6.54 Å². The predicted octanol–water partition coefficient (Wildman–Crippen LogP) is 2.38. The molecule has 0 aromatic carbocycles. The van der Waals surface area contributed by atoms with Gasteiger partial charge < -0.3 is 24.5 Å². The number of ether oxygens (including phenoxy) is 2. The van der Waals surface area contributed by atoms with Crippen molar-refractivity contribution in [2.24, 2.45) is 4.99 Å². The number of aliphatic imine (C=N–C) groups is 1. The summed E-state index contributed by atoms with van der Waals surface area (Å²) in [5.41, 5.74) is 1.16. The number of hydrogen-bond donors (Lipinski definition) is 2. The van der Waals surface area contributed by atoms with Gasteiger partial charge in [0.1, 0.15) is 11.5 Å². The molecule has 2 heterocycles. The second-order valence-electron chi connectivity index (χ2n) is 5.50. The van der Waals surface area contributed by atoms with E-state index in [1.165, 1.54) is 0 Å². The van der Waals surface area contributed by atoms with Crippen LogP contribution >= 0.6 is 24.0 Å². The maximum atomic E-state index is 5.73. The van der Waals surface area contributed by atoms with Crippen molar-refractivity contribution in [3.05, 3.63) is 23.2 Å². The molecule has 0 bridgehead atoms. The van der Waals surface area contributed by atoms with Crippen LogP contribution in [-0.4, -0.2) is 45.5 Å². The number of furan rings is 1. The Labute approximate surface area is 155 Å². The van der Waals surface area contributed by atoms with Crippen LogP contribution in [0.5, 0.6) is 0 Å². The molecule has 1 fully saturated rings. The van der Waals surface area contributed by atoms with Crippen LogP contribution in [0.15, 0.2) is 15.5 Å². The van der Waals surface area contributed by atoms with E-state index in [-0.39, 0.29) is 30.1 Å². The molecule has 0 amide bonds. The molecule has 6 nitrogen and oxygen atoms in total. The number of halogens is 1. The zero-order valence-electron chi connectivity index (χ0n) is 14.2. The standard InChI is InChI=1S/C16H27N3O3.HI/c1-12-9-14(13(2)22-12)10-19-16(17-3)18-6-4-7-21-15-5-8-20-11-15;/h9,15H,4-8,10-11H2,1-3H3,(H2,17,18,19);1H. The zero-order chi connectivity index (χ0) is 15.8. The van der Waals surface area contributed by atoms with Crippen molar-refractivity contribution in [1.29, 1.82) is 0 Å². The van der Waals surface area contributed by atoms with Gasteiger partial charge in [-0.15, -0.1) is 24.0 Å². The van der Waals surface area contributed by atoms with Gasteiger partial charge >= 0.3 is 0 Å². The molecule has 1 aromatic heterocycles. The summed E-state index contributed by atoms with van der Waals surface area (Å²) in [6, 6.07) is 2.05. The molecule has 1 aliphatic rings. The summed E-state index contributed by atoms with van der Waals surface area (Å²) in [7, 11) is 1.77. The summed E-state index contributed by atoms with van der Waals surface area (Å²) in [6.45, 7) is 7.78. The lowest BCUT2D eigenvalue weighted by atomic mass is 10.2. The molecule has 0 aliphatic carbocycles. The summed E-state index contributed by atoms with van der Waals surface area (Å²) in [6.07, 6.45) is 2.24. The Balaban J connectivity index is 0.00000264. The zero-order valence-corrected chi connectivity index (χ0v) is 16.5. The molecule has 0 spiro atoms. The molecule has 132 valence electrons. The molecule has 1 unspecified atom stereocenters. The molecule has 0 saturated carbocycles. The van der Waals surface area contributed by atoms with E-state index in [4.69, 9.17) is 13.9 Å². The van der Waals surface area contributed by atoms with Crippen LogP contribution in [-0.2, 0) is 16.0 Å². The quantitative estimate of drug-likeness (QED) is 0.297. The Kier molecular flexibility index (Phi) is 9.57. The second-order valence-corrected chi connectivity index (χ2v) is 5.50. The van der Waals surface area contributed by atoms with E-state index in [9.17, 15) is 0 Å². The third-order valence-corrected chi connectivity index (χ3v) is 3.67. The predicted molar refractivity (Wildman–Crippen MR) is 102 cm³/mol. The van der Waals surface area contributed by atoms with E-state index in [1.807, 2.05) is 19.9 Å². The Morgan fingerprint density at radius 3 is 2.83 bits per heavy atom. The van der Waals surface area contributed by atoms with Crippen molar-refractivity contribution in [1.82, 2.24) is 10.6 Å². The summed E-state index contributed by atoms with van der Waals surface area (Å²) < 4.78 is 16.5. The highest BCUT2D eigenvalue weighted by molar-refractivity contribution is 14.0. The number of guanidine groups is 1. The molecule has 2 rings (SSSR count). The number of hydrogen-bond acceptors (Lipinski definition) is 4. The molecule has 1 atom stereocenters. The van der Waals surface area contributed by atoms with Crippen LogP contribution in [0.25, 0.3) is 0 Å². The fourth-order valence-electron chi connectivity index (χ4n) is 2.43. The van der Waals surface area contributed by atoms with Gasteiger partial charge in [0.2, 0.25) is 0 Å². The third kappa shape index (κ3) is 7.09. The highest BCUT2D eigenvalue weighted by atomic mass is 127. The minimum Gasteiger partial charge on any atom is -0.466 e. The Hall–Kier alpha value is -0.800. The molecule has 2 N–H and O–H groups in total. The van der Waals surface area contributed by atoms with E-state index < -0.39 is 0 Å². The first kappa shape index (κ1) is 20.2. The Morgan fingerprint density at radius 2 is 2.22 bits per heavy atom. The molecule has 1 saturated heterocycles. The van der Waals surface area contributed by atoms with E-state index in [0.717, 1.165) is 62.3 Å².